The first-order valence-electron chi connectivity index (χ1n) is 5.59. The highest BCUT2D eigenvalue weighted by molar-refractivity contribution is 7.99. The molecule has 2 nitrogen and oxygen atoms in total. The smallest absolute Gasteiger partial charge is 0.316 e. The zero-order chi connectivity index (χ0) is 12.0. The molecular formula is C13H18O2S. The van der Waals surface area contributed by atoms with Crippen LogP contribution < -0.4 is 0 Å². The van der Waals surface area contributed by atoms with Crippen molar-refractivity contribution in [3.8, 4) is 0 Å². The molecule has 16 heavy (non-hydrogen) atoms. The second kappa shape index (κ2) is 6.59. The van der Waals surface area contributed by atoms with E-state index in [1.54, 1.807) is 0 Å². The largest absolute Gasteiger partial charge is 0.480 e. The van der Waals surface area contributed by atoms with E-state index in [4.69, 9.17) is 5.11 Å². The summed E-state index contributed by atoms with van der Waals surface area (Å²) in [5.41, 5.74) is 2.51. The minimum Gasteiger partial charge on any atom is -0.480 e. The van der Waals surface area contributed by atoms with Crippen molar-refractivity contribution in [3.05, 3.63) is 35.4 Å². The van der Waals surface area contributed by atoms with E-state index in [9.17, 15) is 4.79 Å². The van der Waals surface area contributed by atoms with Crippen molar-refractivity contribution in [2.24, 2.45) is 0 Å². The quantitative estimate of drug-likeness (QED) is 0.826. The van der Waals surface area contributed by atoms with Gasteiger partial charge in [0.2, 0.25) is 0 Å². The predicted octanol–water partition coefficient (Wildman–Crippen LogP) is 3.35. The molecule has 1 unspecified atom stereocenters. The fourth-order valence-corrected chi connectivity index (χ4v) is 2.40. The van der Waals surface area contributed by atoms with Crippen LogP contribution in [0.1, 0.15) is 31.4 Å². The van der Waals surface area contributed by atoms with Crippen LogP contribution in [0.25, 0.3) is 0 Å². The van der Waals surface area contributed by atoms with Crippen LogP contribution in [0.2, 0.25) is 0 Å². The van der Waals surface area contributed by atoms with Crippen LogP contribution in [0.4, 0.5) is 0 Å². The summed E-state index contributed by atoms with van der Waals surface area (Å²) in [7, 11) is 0. The topological polar surface area (TPSA) is 37.3 Å². The number of rotatable bonds is 6. The van der Waals surface area contributed by atoms with Crippen molar-refractivity contribution in [2.45, 2.75) is 37.7 Å². The van der Waals surface area contributed by atoms with Gasteiger partial charge in [0.15, 0.2) is 0 Å². The Balaban J connectivity index is 2.50. The normalized spacial score (nSPS) is 12.4. The van der Waals surface area contributed by atoms with Crippen molar-refractivity contribution < 1.29 is 9.90 Å². The molecule has 0 saturated carbocycles. The van der Waals surface area contributed by atoms with E-state index in [0.29, 0.717) is 6.42 Å². The van der Waals surface area contributed by atoms with E-state index in [1.165, 1.54) is 22.9 Å². The summed E-state index contributed by atoms with van der Waals surface area (Å²) in [5.74, 6) is 0.0621. The van der Waals surface area contributed by atoms with Gasteiger partial charge in [0.1, 0.15) is 5.25 Å². The Kier molecular flexibility index (Phi) is 5.39. The molecule has 0 aliphatic rings. The van der Waals surface area contributed by atoms with Gasteiger partial charge in [-0.25, -0.2) is 0 Å². The average Bonchev–Trinajstić information content (AvgIpc) is 2.30. The number of carboxylic acids is 1. The van der Waals surface area contributed by atoms with Crippen molar-refractivity contribution in [1.29, 1.82) is 0 Å². The number of carbonyl (C=O) groups is 1. The van der Waals surface area contributed by atoms with E-state index >= 15 is 0 Å². The number of hydrogen-bond acceptors (Lipinski definition) is 2. The van der Waals surface area contributed by atoms with Crippen LogP contribution in [-0.4, -0.2) is 16.3 Å². The Labute approximate surface area is 101 Å². The molecule has 0 aliphatic carbocycles. The van der Waals surface area contributed by atoms with E-state index in [2.05, 4.69) is 31.2 Å². The number of hydrogen-bond donors (Lipinski definition) is 1. The van der Waals surface area contributed by atoms with E-state index in [1.807, 2.05) is 6.92 Å². The highest BCUT2D eigenvalue weighted by Crippen LogP contribution is 2.20. The summed E-state index contributed by atoms with van der Waals surface area (Å²) < 4.78 is 0. The van der Waals surface area contributed by atoms with Crippen LogP contribution in [0, 0.1) is 0 Å². The van der Waals surface area contributed by atoms with Crippen molar-refractivity contribution in [1.82, 2.24) is 0 Å². The SMILES string of the molecule is CCc1ccc(CSC(CC)C(=O)O)cc1. The summed E-state index contributed by atoms with van der Waals surface area (Å²) in [6.45, 7) is 4.03. The lowest BCUT2D eigenvalue weighted by molar-refractivity contribution is -0.136. The maximum absolute atomic E-state index is 10.8. The van der Waals surface area contributed by atoms with Gasteiger partial charge >= 0.3 is 5.97 Å². The lowest BCUT2D eigenvalue weighted by atomic mass is 10.1. The zero-order valence-corrected chi connectivity index (χ0v) is 10.6. The Hall–Kier alpha value is -0.960. The molecule has 88 valence electrons. The van der Waals surface area contributed by atoms with Crippen LogP contribution in [0.3, 0.4) is 0 Å². The van der Waals surface area contributed by atoms with Crippen LogP contribution in [0.15, 0.2) is 24.3 Å². The van der Waals surface area contributed by atoms with Gasteiger partial charge < -0.3 is 5.11 Å². The third-order valence-corrected chi connectivity index (χ3v) is 3.97. The Morgan fingerprint density at radius 2 is 1.81 bits per heavy atom. The lowest BCUT2D eigenvalue weighted by Crippen LogP contribution is -2.15. The maximum Gasteiger partial charge on any atom is 0.316 e. The lowest BCUT2D eigenvalue weighted by Gasteiger charge is -2.09. The summed E-state index contributed by atoms with van der Waals surface area (Å²) in [6, 6.07) is 8.38. The third kappa shape index (κ3) is 3.89. The monoisotopic (exact) mass is 238 g/mol. The molecular weight excluding hydrogens is 220 g/mol. The molecule has 0 aliphatic heterocycles. The molecule has 0 radical (unpaired) electrons. The summed E-state index contributed by atoms with van der Waals surface area (Å²) in [5, 5.41) is 8.63. The van der Waals surface area contributed by atoms with Crippen molar-refractivity contribution in [3.63, 3.8) is 0 Å². The molecule has 0 fully saturated rings. The van der Waals surface area contributed by atoms with E-state index < -0.39 is 5.97 Å². The van der Waals surface area contributed by atoms with Gasteiger partial charge in [-0.1, -0.05) is 38.1 Å². The van der Waals surface area contributed by atoms with Gasteiger partial charge in [-0.15, -0.1) is 11.8 Å². The van der Waals surface area contributed by atoms with Crippen LogP contribution in [-0.2, 0) is 17.0 Å². The van der Waals surface area contributed by atoms with Crippen molar-refractivity contribution >= 4 is 17.7 Å². The van der Waals surface area contributed by atoms with E-state index in [0.717, 1.165) is 12.2 Å². The van der Waals surface area contributed by atoms with Gasteiger partial charge in [0, 0.05) is 5.75 Å². The number of carboxylic acid groups (broad SMARTS) is 1. The molecule has 1 aromatic carbocycles. The first-order chi connectivity index (χ1) is 7.67. The average molecular weight is 238 g/mol. The standard InChI is InChI=1S/C13H18O2S/c1-3-10-5-7-11(8-6-10)9-16-12(4-2)13(14)15/h5-8,12H,3-4,9H2,1-2H3,(H,14,15). The van der Waals surface area contributed by atoms with Gasteiger partial charge in [0.25, 0.3) is 0 Å². The molecule has 0 amide bonds. The number of thioether (sulfide) groups is 1. The van der Waals surface area contributed by atoms with Gasteiger partial charge in [-0.3, -0.25) is 4.79 Å². The Bertz CT molecular complexity index is 332. The van der Waals surface area contributed by atoms with Gasteiger partial charge in [-0.05, 0) is 24.0 Å². The molecule has 0 aromatic heterocycles. The van der Waals surface area contributed by atoms with Crippen LogP contribution in [0.5, 0.6) is 0 Å². The fraction of sp³-hybridized carbons (Fsp3) is 0.462. The summed E-state index contributed by atoms with van der Waals surface area (Å²) in [4.78, 5) is 10.8. The minimum atomic E-state index is -0.710. The Morgan fingerprint density at radius 1 is 1.25 bits per heavy atom. The summed E-state index contributed by atoms with van der Waals surface area (Å²) in [6.07, 6.45) is 1.72. The van der Waals surface area contributed by atoms with Gasteiger partial charge in [-0.2, -0.15) is 0 Å². The molecule has 0 heterocycles. The maximum atomic E-state index is 10.8. The zero-order valence-electron chi connectivity index (χ0n) is 9.77. The molecule has 1 N–H and O–H groups in total. The molecule has 0 bridgehead atoms. The first kappa shape index (κ1) is 13.1. The highest BCUT2D eigenvalue weighted by atomic mass is 32.2. The molecule has 1 atom stereocenters. The number of benzene rings is 1. The molecule has 1 aromatic rings. The minimum absolute atomic E-state index is 0.286. The van der Waals surface area contributed by atoms with Gasteiger partial charge in [0.05, 0.1) is 0 Å². The second-order valence-electron chi connectivity index (χ2n) is 3.72. The molecule has 1 rings (SSSR count). The molecule has 3 heteroatoms. The summed E-state index contributed by atoms with van der Waals surface area (Å²) >= 11 is 1.50. The second-order valence-corrected chi connectivity index (χ2v) is 4.91. The van der Waals surface area contributed by atoms with Crippen LogP contribution >= 0.6 is 11.8 Å². The molecule has 0 spiro atoms. The number of aryl methyl sites for hydroxylation is 1. The third-order valence-electron chi connectivity index (χ3n) is 2.53. The van der Waals surface area contributed by atoms with Crippen molar-refractivity contribution in [2.75, 3.05) is 0 Å². The van der Waals surface area contributed by atoms with E-state index in [-0.39, 0.29) is 5.25 Å². The molecule has 0 saturated heterocycles. The first-order valence-corrected chi connectivity index (χ1v) is 6.64. The Morgan fingerprint density at radius 3 is 2.25 bits per heavy atom. The number of aliphatic carboxylic acids is 1. The fourth-order valence-electron chi connectivity index (χ4n) is 1.43. The predicted molar refractivity (Wildman–Crippen MR) is 68.8 cm³/mol. The highest BCUT2D eigenvalue weighted by Gasteiger charge is 2.14.